The fourth-order valence-corrected chi connectivity index (χ4v) is 2.32. The van der Waals surface area contributed by atoms with Crippen molar-refractivity contribution in [1.82, 2.24) is 0 Å². The summed E-state index contributed by atoms with van der Waals surface area (Å²) in [5.41, 5.74) is 8.77. The van der Waals surface area contributed by atoms with Gasteiger partial charge >= 0.3 is 0 Å². The molecule has 0 aliphatic carbocycles. The number of aryl methyl sites for hydroxylation is 1. The molecule has 112 valence electrons. The summed E-state index contributed by atoms with van der Waals surface area (Å²) in [6.45, 7) is 1.89. The van der Waals surface area contributed by atoms with Crippen LogP contribution in [0.2, 0.25) is 10.0 Å². The van der Waals surface area contributed by atoms with Gasteiger partial charge in [-0.25, -0.2) is 0 Å². The Morgan fingerprint density at radius 1 is 0.905 bits per heavy atom. The topological polar surface area (TPSA) is 56.5 Å². The lowest BCUT2D eigenvalue weighted by Crippen LogP contribution is -2.00. The zero-order valence-corrected chi connectivity index (χ0v) is 13.5. The summed E-state index contributed by atoms with van der Waals surface area (Å²) in [7, 11) is 3.12. The molecule has 0 fully saturated rings. The predicted molar refractivity (Wildman–Crippen MR) is 88.4 cm³/mol. The number of nitrogens with two attached hydrogens (primary N) is 1. The maximum atomic E-state index is 6.22. The second kappa shape index (κ2) is 6.33. The molecule has 0 aliphatic heterocycles. The van der Waals surface area contributed by atoms with E-state index in [-0.39, 0.29) is 0 Å². The highest BCUT2D eigenvalue weighted by Crippen LogP contribution is 2.38. The summed E-state index contributed by atoms with van der Waals surface area (Å²) in [6, 6.07) is 6.99. The number of nitrogens with one attached hydrogen (secondary N) is 1. The lowest BCUT2D eigenvalue weighted by atomic mass is 10.2. The highest BCUT2D eigenvalue weighted by Gasteiger charge is 2.11. The molecule has 0 heterocycles. The Balaban J connectivity index is 2.42. The van der Waals surface area contributed by atoms with Crippen LogP contribution >= 0.6 is 23.2 Å². The first kappa shape index (κ1) is 15.6. The number of rotatable bonds is 4. The molecule has 21 heavy (non-hydrogen) atoms. The first-order chi connectivity index (χ1) is 9.96. The second-order valence-corrected chi connectivity index (χ2v) is 5.32. The zero-order chi connectivity index (χ0) is 15.6. The van der Waals surface area contributed by atoms with Gasteiger partial charge in [0.25, 0.3) is 0 Å². The van der Waals surface area contributed by atoms with Gasteiger partial charge in [0.15, 0.2) is 11.5 Å². The van der Waals surface area contributed by atoms with Gasteiger partial charge in [0.1, 0.15) is 0 Å². The minimum atomic E-state index is 0.514. The smallest absolute Gasteiger partial charge is 0.162 e. The third kappa shape index (κ3) is 3.28. The van der Waals surface area contributed by atoms with Gasteiger partial charge < -0.3 is 20.5 Å². The van der Waals surface area contributed by atoms with Crippen LogP contribution < -0.4 is 20.5 Å². The monoisotopic (exact) mass is 326 g/mol. The first-order valence-corrected chi connectivity index (χ1v) is 6.96. The predicted octanol–water partition coefficient (Wildman–Crippen LogP) is 4.64. The number of halogens is 2. The Morgan fingerprint density at radius 2 is 1.52 bits per heavy atom. The molecule has 2 aromatic carbocycles. The van der Waals surface area contributed by atoms with E-state index < -0.39 is 0 Å². The number of benzene rings is 2. The molecule has 0 spiro atoms. The maximum Gasteiger partial charge on any atom is 0.162 e. The third-order valence-electron chi connectivity index (χ3n) is 3.07. The Labute approximate surface area is 133 Å². The SMILES string of the molecule is COc1cc(N)c(Nc2cc(Cl)c(C)cc2Cl)cc1OC. The van der Waals surface area contributed by atoms with E-state index in [2.05, 4.69) is 5.32 Å². The molecule has 0 saturated carbocycles. The number of hydrogen-bond donors (Lipinski definition) is 2. The molecule has 6 heteroatoms. The number of hydrogen-bond acceptors (Lipinski definition) is 4. The van der Waals surface area contributed by atoms with E-state index in [1.807, 2.05) is 6.92 Å². The fourth-order valence-electron chi connectivity index (χ4n) is 1.89. The third-order valence-corrected chi connectivity index (χ3v) is 3.79. The summed E-state index contributed by atoms with van der Waals surface area (Å²) in [5.74, 6) is 1.14. The molecule has 0 amide bonds. The van der Waals surface area contributed by atoms with Crippen molar-refractivity contribution in [3.63, 3.8) is 0 Å². The van der Waals surface area contributed by atoms with Gasteiger partial charge in [-0.15, -0.1) is 0 Å². The van der Waals surface area contributed by atoms with Crippen molar-refractivity contribution in [2.24, 2.45) is 0 Å². The van der Waals surface area contributed by atoms with Crippen LogP contribution in [0.5, 0.6) is 11.5 Å². The summed E-state index contributed by atoms with van der Waals surface area (Å²) in [6.07, 6.45) is 0. The molecule has 0 atom stereocenters. The lowest BCUT2D eigenvalue weighted by molar-refractivity contribution is 0.355. The largest absolute Gasteiger partial charge is 0.493 e. The molecular weight excluding hydrogens is 311 g/mol. The first-order valence-electron chi connectivity index (χ1n) is 6.20. The highest BCUT2D eigenvalue weighted by molar-refractivity contribution is 6.35. The fraction of sp³-hybridized carbons (Fsp3) is 0.200. The highest BCUT2D eigenvalue weighted by atomic mass is 35.5. The summed E-state index contributed by atoms with van der Waals surface area (Å²) in [4.78, 5) is 0. The minimum absolute atomic E-state index is 0.514. The van der Waals surface area contributed by atoms with E-state index in [1.165, 1.54) is 0 Å². The van der Waals surface area contributed by atoms with Crippen molar-refractivity contribution in [3.05, 3.63) is 39.9 Å². The molecule has 0 bridgehead atoms. The Kier molecular flexibility index (Phi) is 4.70. The average Bonchev–Trinajstić information content (AvgIpc) is 2.46. The number of ether oxygens (including phenoxy) is 2. The molecular formula is C15H16Cl2N2O2. The molecule has 3 N–H and O–H groups in total. The molecule has 4 nitrogen and oxygen atoms in total. The van der Waals surface area contributed by atoms with Gasteiger partial charge in [0, 0.05) is 17.2 Å². The van der Waals surface area contributed by atoms with Crippen molar-refractivity contribution in [2.45, 2.75) is 6.92 Å². The lowest BCUT2D eigenvalue weighted by Gasteiger charge is -2.15. The van der Waals surface area contributed by atoms with Crippen molar-refractivity contribution in [3.8, 4) is 11.5 Å². The van der Waals surface area contributed by atoms with Crippen LogP contribution in [0.4, 0.5) is 17.1 Å². The van der Waals surface area contributed by atoms with Gasteiger partial charge in [-0.2, -0.15) is 0 Å². The van der Waals surface area contributed by atoms with Gasteiger partial charge in [-0.05, 0) is 24.6 Å². The van der Waals surface area contributed by atoms with E-state index in [1.54, 1.807) is 38.5 Å². The van der Waals surface area contributed by atoms with Crippen LogP contribution in [0.15, 0.2) is 24.3 Å². The van der Waals surface area contributed by atoms with E-state index in [0.29, 0.717) is 38.6 Å². The Morgan fingerprint density at radius 3 is 2.14 bits per heavy atom. The maximum absolute atomic E-state index is 6.22. The molecule has 2 rings (SSSR count). The molecule has 0 saturated heterocycles. The van der Waals surface area contributed by atoms with E-state index in [0.717, 1.165) is 5.56 Å². The van der Waals surface area contributed by atoms with Crippen LogP contribution in [0.25, 0.3) is 0 Å². The number of nitrogen functional groups attached to an aromatic ring is 1. The number of methoxy groups -OCH3 is 2. The molecule has 0 aromatic heterocycles. The standard InChI is InChI=1S/C15H16Cl2N2O2/c1-8-4-10(17)12(5-9(8)16)19-13-7-15(21-3)14(20-2)6-11(13)18/h4-7,19H,18H2,1-3H3. The van der Waals surface area contributed by atoms with E-state index >= 15 is 0 Å². The van der Waals surface area contributed by atoms with Crippen molar-refractivity contribution < 1.29 is 9.47 Å². The van der Waals surface area contributed by atoms with E-state index in [4.69, 9.17) is 38.4 Å². The van der Waals surface area contributed by atoms with E-state index in [9.17, 15) is 0 Å². The van der Waals surface area contributed by atoms with Crippen LogP contribution in [-0.2, 0) is 0 Å². The van der Waals surface area contributed by atoms with Gasteiger partial charge in [0.05, 0.1) is 36.3 Å². The summed E-state index contributed by atoms with van der Waals surface area (Å²) < 4.78 is 10.5. The van der Waals surface area contributed by atoms with Crippen molar-refractivity contribution >= 4 is 40.3 Å². The van der Waals surface area contributed by atoms with Crippen molar-refractivity contribution in [2.75, 3.05) is 25.3 Å². The Bertz CT molecular complexity index is 675. The van der Waals surface area contributed by atoms with Crippen molar-refractivity contribution in [1.29, 1.82) is 0 Å². The molecule has 0 aliphatic rings. The molecule has 0 unspecified atom stereocenters. The quantitative estimate of drug-likeness (QED) is 0.803. The van der Waals surface area contributed by atoms with Gasteiger partial charge in [0.2, 0.25) is 0 Å². The van der Waals surface area contributed by atoms with Crippen LogP contribution in [0.3, 0.4) is 0 Å². The van der Waals surface area contributed by atoms with Gasteiger partial charge in [-0.3, -0.25) is 0 Å². The summed E-state index contributed by atoms with van der Waals surface area (Å²) >= 11 is 12.3. The Hall–Kier alpha value is -1.78. The van der Waals surface area contributed by atoms with Crippen LogP contribution in [0, 0.1) is 6.92 Å². The minimum Gasteiger partial charge on any atom is -0.493 e. The molecule has 2 aromatic rings. The normalized spacial score (nSPS) is 10.3. The van der Waals surface area contributed by atoms with Crippen LogP contribution in [0.1, 0.15) is 5.56 Å². The van der Waals surface area contributed by atoms with Gasteiger partial charge in [-0.1, -0.05) is 23.2 Å². The zero-order valence-electron chi connectivity index (χ0n) is 12.0. The second-order valence-electron chi connectivity index (χ2n) is 4.50. The average molecular weight is 327 g/mol. The number of anilines is 3. The van der Waals surface area contributed by atoms with Crippen LogP contribution in [-0.4, -0.2) is 14.2 Å². The molecule has 0 radical (unpaired) electrons. The summed E-state index contributed by atoms with van der Waals surface area (Å²) in [5, 5.41) is 4.34.